The van der Waals surface area contributed by atoms with Crippen LogP contribution in [0.4, 0.5) is 5.69 Å². The van der Waals surface area contributed by atoms with E-state index in [0.717, 1.165) is 65.0 Å². The highest BCUT2D eigenvalue weighted by Gasteiger charge is 2.13. The summed E-state index contributed by atoms with van der Waals surface area (Å²) < 4.78 is 0. The van der Waals surface area contributed by atoms with Crippen molar-refractivity contribution in [2.45, 2.75) is 39.5 Å². The number of aldehydes is 1. The predicted molar refractivity (Wildman–Crippen MR) is 157 cm³/mol. The summed E-state index contributed by atoms with van der Waals surface area (Å²) in [5, 5.41) is 0. The van der Waals surface area contributed by atoms with Gasteiger partial charge in [-0.05, 0) is 35.2 Å². The van der Waals surface area contributed by atoms with Crippen LogP contribution in [0.2, 0.25) is 0 Å². The van der Waals surface area contributed by atoms with Crippen molar-refractivity contribution in [3.8, 4) is 11.1 Å². The van der Waals surface area contributed by atoms with E-state index in [1.54, 1.807) is 0 Å². The molecule has 190 valence electrons. The number of nitrogens with two attached hydrogens (primary N) is 1. The van der Waals surface area contributed by atoms with Crippen LogP contribution in [-0.2, 0) is 11.2 Å². The average molecular weight is 493 g/mol. The Hall–Kier alpha value is -4.25. The highest BCUT2D eigenvalue weighted by molar-refractivity contribution is 6.03. The lowest BCUT2D eigenvalue weighted by atomic mass is 9.96. The maximum atomic E-state index is 12.2. The maximum Gasteiger partial charge on any atom is 0.148 e. The monoisotopic (exact) mass is 492 g/mol. The van der Waals surface area contributed by atoms with E-state index >= 15 is 0 Å². The lowest BCUT2D eigenvalue weighted by Crippen LogP contribution is -2.26. The molecule has 0 bridgehead atoms. The van der Waals surface area contributed by atoms with E-state index < -0.39 is 0 Å². The molecule has 3 aromatic carbocycles. The minimum absolute atomic E-state index is 0.426. The van der Waals surface area contributed by atoms with Gasteiger partial charge in [-0.1, -0.05) is 93.6 Å². The molecule has 0 unspecified atom stereocenters. The van der Waals surface area contributed by atoms with E-state index in [2.05, 4.69) is 66.7 Å². The normalized spacial score (nSPS) is 12.6. The van der Waals surface area contributed by atoms with Crippen LogP contribution in [0.25, 0.3) is 11.1 Å². The van der Waals surface area contributed by atoms with Crippen molar-refractivity contribution in [1.29, 1.82) is 0 Å². The van der Waals surface area contributed by atoms with Crippen molar-refractivity contribution in [2.75, 3.05) is 11.9 Å². The van der Waals surface area contributed by atoms with Gasteiger partial charge in [0, 0.05) is 48.6 Å². The van der Waals surface area contributed by atoms with Gasteiger partial charge < -0.3 is 10.6 Å². The third kappa shape index (κ3) is 7.14. The summed E-state index contributed by atoms with van der Waals surface area (Å²) in [5.74, 6) is 1.36. The number of hydrogen-bond acceptors (Lipinski definition) is 3. The van der Waals surface area contributed by atoms with Crippen LogP contribution in [0.1, 0.15) is 44.2 Å². The topological polar surface area (TPSA) is 71.0 Å². The third-order valence-electron chi connectivity index (χ3n) is 6.20. The summed E-state index contributed by atoms with van der Waals surface area (Å²) in [6.07, 6.45) is 5.34. The number of aliphatic imine (C=N–C) groups is 2. The Balaban J connectivity index is 1.92. The van der Waals surface area contributed by atoms with E-state index in [1.807, 2.05) is 49.5 Å². The van der Waals surface area contributed by atoms with Crippen molar-refractivity contribution < 1.29 is 4.79 Å². The van der Waals surface area contributed by atoms with Gasteiger partial charge >= 0.3 is 0 Å². The van der Waals surface area contributed by atoms with Crippen molar-refractivity contribution in [3.63, 3.8) is 0 Å². The van der Waals surface area contributed by atoms with E-state index in [-0.39, 0.29) is 0 Å². The lowest BCUT2D eigenvalue weighted by Gasteiger charge is -2.21. The molecule has 0 fully saturated rings. The molecule has 0 aliphatic heterocycles. The van der Waals surface area contributed by atoms with Gasteiger partial charge in [-0.2, -0.15) is 0 Å². The Morgan fingerprint density at radius 3 is 2.27 bits per heavy atom. The van der Waals surface area contributed by atoms with Crippen LogP contribution in [-0.4, -0.2) is 25.0 Å². The van der Waals surface area contributed by atoms with Gasteiger partial charge in [-0.3, -0.25) is 4.79 Å². The summed E-state index contributed by atoms with van der Waals surface area (Å²) in [6.45, 7) is 7.84. The fraction of sp³-hybridized carbons (Fsp3) is 0.219. The molecule has 0 aliphatic carbocycles. The van der Waals surface area contributed by atoms with E-state index in [1.165, 1.54) is 6.20 Å². The molecule has 37 heavy (non-hydrogen) atoms. The number of carbonyl (C=O) groups is 1. The van der Waals surface area contributed by atoms with Gasteiger partial charge in [0.2, 0.25) is 0 Å². The van der Waals surface area contributed by atoms with Crippen LogP contribution < -0.4 is 10.6 Å². The minimum Gasteiger partial charge on any atom is -0.383 e. The van der Waals surface area contributed by atoms with Gasteiger partial charge in [0.1, 0.15) is 18.0 Å². The van der Waals surface area contributed by atoms with Crippen LogP contribution in [0, 0.1) is 0 Å². The zero-order chi connectivity index (χ0) is 26.6. The van der Waals surface area contributed by atoms with Gasteiger partial charge in [0.05, 0.1) is 0 Å². The first-order chi connectivity index (χ1) is 18.0. The molecule has 0 amide bonds. The summed E-state index contributed by atoms with van der Waals surface area (Å²) in [4.78, 5) is 23.5. The van der Waals surface area contributed by atoms with Gasteiger partial charge in [-0.25, -0.2) is 9.98 Å². The van der Waals surface area contributed by atoms with Gasteiger partial charge in [0.15, 0.2) is 0 Å². The summed E-state index contributed by atoms with van der Waals surface area (Å²) in [5.41, 5.74) is 12.7. The first-order valence-electron chi connectivity index (χ1n) is 12.7. The average Bonchev–Trinajstić information content (AvgIpc) is 2.94. The number of carbonyl (C=O) groups excluding carboxylic acids is 1. The second-order valence-electron chi connectivity index (χ2n) is 8.73. The number of amidine groups is 2. The summed E-state index contributed by atoms with van der Waals surface area (Å²) in [7, 11) is 2.02. The largest absolute Gasteiger partial charge is 0.383 e. The van der Waals surface area contributed by atoms with Crippen molar-refractivity contribution in [3.05, 3.63) is 114 Å². The summed E-state index contributed by atoms with van der Waals surface area (Å²) >= 11 is 0. The van der Waals surface area contributed by atoms with Crippen LogP contribution in [0.3, 0.4) is 0 Å². The third-order valence-corrected chi connectivity index (χ3v) is 6.20. The number of benzene rings is 3. The molecule has 0 saturated carbocycles. The molecular weight excluding hydrogens is 456 g/mol. The van der Waals surface area contributed by atoms with E-state index in [4.69, 9.17) is 10.7 Å². The number of anilines is 1. The Morgan fingerprint density at radius 2 is 1.65 bits per heavy atom. The minimum atomic E-state index is 0.426. The smallest absolute Gasteiger partial charge is 0.148 e. The molecule has 2 N–H and O–H groups in total. The molecular formula is C32H36N4O. The molecule has 0 radical (unpaired) electrons. The van der Waals surface area contributed by atoms with E-state index in [0.29, 0.717) is 17.8 Å². The number of para-hydroxylation sites is 1. The molecule has 0 saturated heterocycles. The molecule has 5 heteroatoms. The SMILES string of the molecule is C=CN=C(N)c1ccccc1-c1ccc(C/C(C=O)=C(\CCC)N=C(CC)N(C)c2ccccc2)cc1. The van der Waals surface area contributed by atoms with Crippen molar-refractivity contribution in [2.24, 2.45) is 15.7 Å². The zero-order valence-corrected chi connectivity index (χ0v) is 22.0. The molecule has 3 rings (SSSR count). The Morgan fingerprint density at radius 1 is 0.973 bits per heavy atom. The Labute approximate surface area is 220 Å². The highest BCUT2D eigenvalue weighted by Crippen LogP contribution is 2.26. The van der Waals surface area contributed by atoms with Gasteiger partial charge in [-0.15, -0.1) is 0 Å². The fourth-order valence-electron chi connectivity index (χ4n) is 4.23. The predicted octanol–water partition coefficient (Wildman–Crippen LogP) is 6.94. The molecule has 3 aromatic rings. The maximum absolute atomic E-state index is 12.2. The Bertz CT molecular complexity index is 1290. The molecule has 0 atom stereocenters. The number of allylic oxidation sites excluding steroid dienone is 2. The quantitative estimate of drug-likeness (QED) is 0.136. The van der Waals surface area contributed by atoms with Crippen LogP contribution in [0.5, 0.6) is 0 Å². The molecule has 5 nitrogen and oxygen atoms in total. The standard InChI is InChI=1S/C32H36N4O/c1-5-13-30(35-31(6-2)36(4)27-14-9-8-10-15-27)26(23-37)22-24-18-20-25(21-19-24)28-16-11-12-17-29(28)32(33)34-7-3/h7-12,14-21,23H,3,5-6,13,22H2,1-2,4H3,(H2,33,34)/b30-26-,35-31?. The summed E-state index contributed by atoms with van der Waals surface area (Å²) in [6, 6.07) is 26.3. The number of rotatable bonds is 11. The first-order valence-corrected chi connectivity index (χ1v) is 12.7. The van der Waals surface area contributed by atoms with Crippen molar-refractivity contribution in [1.82, 2.24) is 0 Å². The lowest BCUT2D eigenvalue weighted by molar-refractivity contribution is -0.105. The fourth-order valence-corrected chi connectivity index (χ4v) is 4.23. The molecule has 0 aromatic heterocycles. The first kappa shape index (κ1) is 27.3. The van der Waals surface area contributed by atoms with Crippen LogP contribution >= 0.6 is 0 Å². The second-order valence-corrected chi connectivity index (χ2v) is 8.73. The highest BCUT2D eigenvalue weighted by atomic mass is 16.1. The second kappa shape index (κ2) is 13.7. The van der Waals surface area contributed by atoms with Crippen molar-refractivity contribution >= 4 is 23.6 Å². The number of nitrogens with zero attached hydrogens (tertiary/aromatic N) is 3. The Kier molecular flexibility index (Phi) is 10.1. The molecule has 0 spiro atoms. The molecule has 0 heterocycles. The van der Waals surface area contributed by atoms with Gasteiger partial charge in [0.25, 0.3) is 0 Å². The zero-order valence-electron chi connectivity index (χ0n) is 22.0. The molecule has 0 aliphatic rings. The van der Waals surface area contributed by atoms with E-state index in [9.17, 15) is 4.79 Å². The van der Waals surface area contributed by atoms with Crippen LogP contribution in [0.15, 0.2) is 113 Å². The number of hydrogen-bond donors (Lipinski definition) is 1.